The molecule has 0 aliphatic heterocycles. The topological polar surface area (TPSA) is 63.4 Å². The van der Waals surface area contributed by atoms with Crippen LogP contribution in [0.25, 0.3) is 0 Å². The third-order valence-electron chi connectivity index (χ3n) is 4.83. The highest BCUT2D eigenvalue weighted by Crippen LogP contribution is 2.35. The van der Waals surface area contributed by atoms with Crippen LogP contribution in [-0.4, -0.2) is 11.8 Å². The van der Waals surface area contributed by atoms with Crippen LogP contribution in [0.3, 0.4) is 0 Å². The molecule has 3 aromatic rings. The Hall–Kier alpha value is -3.05. The largest absolute Gasteiger partial charge is 0.366 e. The van der Waals surface area contributed by atoms with Crippen LogP contribution >= 0.6 is 11.8 Å². The number of para-hydroxylation sites is 1. The van der Waals surface area contributed by atoms with Gasteiger partial charge in [-0.3, -0.25) is 9.59 Å². The second-order valence-electron chi connectivity index (χ2n) is 8.45. The molecule has 0 saturated carbocycles. The number of nitrogens with two attached hydrogens (primary N) is 1. The van der Waals surface area contributed by atoms with Crippen molar-refractivity contribution in [2.24, 2.45) is 11.1 Å². The molecule has 0 saturated heterocycles. The summed E-state index contributed by atoms with van der Waals surface area (Å²) in [5.74, 6) is 0.304. The maximum absolute atomic E-state index is 13.4. The zero-order valence-corrected chi connectivity index (χ0v) is 19.0. The van der Waals surface area contributed by atoms with Crippen molar-refractivity contribution >= 4 is 29.3 Å². The first-order valence-corrected chi connectivity index (χ1v) is 11.2. The Morgan fingerprint density at radius 3 is 2.19 bits per heavy atom. The van der Waals surface area contributed by atoms with Gasteiger partial charge < -0.3 is 10.6 Å². The molecule has 0 heterocycles. The minimum Gasteiger partial charge on any atom is -0.366 e. The van der Waals surface area contributed by atoms with Crippen LogP contribution in [0.1, 0.15) is 42.3 Å². The lowest BCUT2D eigenvalue weighted by molar-refractivity contribution is -0.125. The third-order valence-corrected chi connectivity index (χ3v) is 5.97. The van der Waals surface area contributed by atoms with Gasteiger partial charge in [0.25, 0.3) is 0 Å². The Kier molecular flexibility index (Phi) is 7.18. The van der Waals surface area contributed by atoms with Crippen molar-refractivity contribution in [2.45, 2.75) is 38.0 Å². The summed E-state index contributed by atoms with van der Waals surface area (Å²) in [7, 11) is 0. The van der Waals surface area contributed by atoms with Gasteiger partial charge in [0.05, 0.1) is 12.2 Å². The molecule has 0 unspecified atom stereocenters. The van der Waals surface area contributed by atoms with Gasteiger partial charge in [-0.25, -0.2) is 0 Å². The lowest BCUT2D eigenvalue weighted by Crippen LogP contribution is -2.39. The van der Waals surface area contributed by atoms with Crippen LogP contribution in [-0.2, 0) is 17.1 Å². The van der Waals surface area contributed by atoms with E-state index in [0.717, 1.165) is 21.7 Å². The average Bonchev–Trinajstić information content (AvgIpc) is 2.76. The van der Waals surface area contributed by atoms with Gasteiger partial charge >= 0.3 is 0 Å². The van der Waals surface area contributed by atoms with Gasteiger partial charge in [0.2, 0.25) is 11.8 Å². The highest BCUT2D eigenvalue weighted by molar-refractivity contribution is 7.98. The molecule has 5 heteroatoms. The molecule has 0 aromatic heterocycles. The summed E-state index contributed by atoms with van der Waals surface area (Å²) >= 11 is 1.64. The molecule has 0 atom stereocenters. The van der Waals surface area contributed by atoms with Crippen LogP contribution in [0.4, 0.5) is 5.69 Å². The number of hydrogen-bond donors (Lipinski definition) is 1. The van der Waals surface area contributed by atoms with Crippen LogP contribution in [0.2, 0.25) is 0 Å². The molecule has 0 spiro atoms. The zero-order chi connectivity index (χ0) is 22.4. The SMILES string of the molecule is CC(C)(C)C(=O)N(Cc1ccccc1)c1ccccc1SCc1cccc(C(N)=O)c1. The maximum Gasteiger partial charge on any atom is 0.248 e. The Morgan fingerprint density at radius 2 is 1.52 bits per heavy atom. The van der Waals surface area contributed by atoms with E-state index in [9.17, 15) is 9.59 Å². The summed E-state index contributed by atoms with van der Waals surface area (Å²) in [5.41, 5.74) is 8.38. The van der Waals surface area contributed by atoms with Gasteiger partial charge in [-0.2, -0.15) is 0 Å². The molecule has 3 rings (SSSR count). The lowest BCUT2D eigenvalue weighted by atomic mass is 9.94. The molecule has 31 heavy (non-hydrogen) atoms. The van der Waals surface area contributed by atoms with E-state index in [4.69, 9.17) is 5.73 Å². The second kappa shape index (κ2) is 9.84. The van der Waals surface area contributed by atoms with Gasteiger partial charge in [-0.1, -0.05) is 75.4 Å². The highest BCUT2D eigenvalue weighted by atomic mass is 32.2. The van der Waals surface area contributed by atoms with Gasteiger partial charge in [0.15, 0.2) is 0 Å². The molecule has 0 aliphatic carbocycles. The normalized spacial score (nSPS) is 11.2. The van der Waals surface area contributed by atoms with Crippen molar-refractivity contribution in [3.63, 3.8) is 0 Å². The van der Waals surface area contributed by atoms with Crippen LogP contribution in [0.15, 0.2) is 83.8 Å². The molecule has 160 valence electrons. The highest BCUT2D eigenvalue weighted by Gasteiger charge is 2.29. The molecule has 2 amide bonds. The number of benzene rings is 3. The molecule has 3 aromatic carbocycles. The fourth-order valence-corrected chi connectivity index (χ4v) is 4.22. The fourth-order valence-electron chi connectivity index (χ4n) is 3.21. The van der Waals surface area contributed by atoms with E-state index >= 15 is 0 Å². The van der Waals surface area contributed by atoms with E-state index in [0.29, 0.717) is 17.9 Å². The molecule has 2 N–H and O–H groups in total. The first-order chi connectivity index (χ1) is 14.8. The minimum absolute atomic E-state index is 0.0696. The lowest BCUT2D eigenvalue weighted by Gasteiger charge is -2.31. The van der Waals surface area contributed by atoms with Crippen LogP contribution in [0.5, 0.6) is 0 Å². The Balaban J connectivity index is 1.91. The fraction of sp³-hybridized carbons (Fsp3) is 0.231. The van der Waals surface area contributed by atoms with Crippen molar-refractivity contribution in [2.75, 3.05) is 4.90 Å². The van der Waals surface area contributed by atoms with E-state index < -0.39 is 11.3 Å². The zero-order valence-electron chi connectivity index (χ0n) is 18.2. The van der Waals surface area contributed by atoms with Gasteiger partial charge in [0, 0.05) is 21.6 Å². The van der Waals surface area contributed by atoms with Crippen molar-refractivity contribution in [1.82, 2.24) is 0 Å². The molecule has 0 radical (unpaired) electrons. The summed E-state index contributed by atoms with van der Waals surface area (Å²) in [5, 5.41) is 0. The predicted molar refractivity (Wildman–Crippen MR) is 128 cm³/mol. The van der Waals surface area contributed by atoms with E-state index in [1.165, 1.54) is 0 Å². The summed E-state index contributed by atoms with van der Waals surface area (Å²) in [6.45, 7) is 6.33. The molecule has 0 bridgehead atoms. The summed E-state index contributed by atoms with van der Waals surface area (Å²) in [6.07, 6.45) is 0. The number of primary amides is 1. The quantitative estimate of drug-likeness (QED) is 0.490. The Labute approximate surface area is 188 Å². The van der Waals surface area contributed by atoms with Gasteiger partial charge in [0.1, 0.15) is 0 Å². The van der Waals surface area contributed by atoms with Crippen molar-refractivity contribution in [1.29, 1.82) is 0 Å². The van der Waals surface area contributed by atoms with E-state index in [1.807, 2.05) is 98.5 Å². The second-order valence-corrected chi connectivity index (χ2v) is 9.47. The van der Waals surface area contributed by atoms with E-state index in [2.05, 4.69) is 0 Å². The minimum atomic E-state index is -0.512. The summed E-state index contributed by atoms with van der Waals surface area (Å²) in [6, 6.07) is 25.3. The van der Waals surface area contributed by atoms with Crippen molar-refractivity contribution < 1.29 is 9.59 Å². The number of anilines is 1. The summed E-state index contributed by atoms with van der Waals surface area (Å²) in [4.78, 5) is 27.8. The summed E-state index contributed by atoms with van der Waals surface area (Å²) < 4.78 is 0. The molecule has 0 aliphatic rings. The average molecular weight is 433 g/mol. The number of thioether (sulfide) groups is 1. The van der Waals surface area contributed by atoms with Crippen molar-refractivity contribution in [3.05, 3.63) is 95.6 Å². The van der Waals surface area contributed by atoms with Gasteiger partial charge in [-0.05, 0) is 35.4 Å². The van der Waals surface area contributed by atoms with Crippen molar-refractivity contribution in [3.8, 4) is 0 Å². The maximum atomic E-state index is 13.4. The Morgan fingerprint density at radius 1 is 0.871 bits per heavy atom. The third kappa shape index (κ3) is 5.98. The number of carbonyl (C=O) groups is 2. The molecule has 4 nitrogen and oxygen atoms in total. The molecule has 0 fully saturated rings. The predicted octanol–water partition coefficient (Wildman–Crippen LogP) is 5.66. The first kappa shape index (κ1) is 22.6. The van der Waals surface area contributed by atoms with E-state index in [-0.39, 0.29) is 5.91 Å². The number of hydrogen-bond acceptors (Lipinski definition) is 3. The number of carbonyl (C=O) groups excluding carboxylic acids is 2. The molecular weight excluding hydrogens is 404 g/mol. The molecular formula is C26H28N2O2S. The standard InChI is InChI=1S/C26H28N2O2S/c1-26(2,3)25(30)28(17-19-10-5-4-6-11-19)22-14-7-8-15-23(22)31-18-20-12-9-13-21(16-20)24(27)29/h4-16H,17-18H2,1-3H3,(H2,27,29). The Bertz CT molecular complexity index is 1060. The first-order valence-electron chi connectivity index (χ1n) is 10.2. The van der Waals surface area contributed by atoms with Gasteiger partial charge in [-0.15, -0.1) is 11.8 Å². The van der Waals surface area contributed by atoms with Crippen LogP contribution in [0, 0.1) is 5.41 Å². The number of amides is 2. The van der Waals surface area contributed by atoms with E-state index in [1.54, 1.807) is 17.8 Å². The number of rotatable bonds is 7. The smallest absolute Gasteiger partial charge is 0.248 e. The monoisotopic (exact) mass is 432 g/mol. The van der Waals surface area contributed by atoms with Crippen LogP contribution < -0.4 is 10.6 Å². The number of nitrogens with zero attached hydrogens (tertiary/aromatic N) is 1.